The number of esters is 1. The number of benzene rings is 2. The molecule has 2 aromatic carbocycles. The summed E-state index contributed by atoms with van der Waals surface area (Å²) >= 11 is 7.58. The summed E-state index contributed by atoms with van der Waals surface area (Å²) in [5, 5.41) is 0.653. The molecule has 149 valence electrons. The fourth-order valence-corrected chi connectivity index (χ4v) is 4.23. The first-order valence-corrected chi connectivity index (χ1v) is 12.5. The van der Waals surface area contributed by atoms with Crippen LogP contribution < -0.4 is 9.64 Å². The van der Waals surface area contributed by atoms with Crippen LogP contribution >= 0.6 is 11.6 Å². The Morgan fingerprint density at radius 1 is 1.07 bits per heavy atom. The Hall–Kier alpha value is -1.32. The second-order valence-corrected chi connectivity index (χ2v) is 7.76. The van der Waals surface area contributed by atoms with Gasteiger partial charge in [0.1, 0.15) is 0 Å². The molecule has 3 rings (SSSR count). The SMILES string of the molecule is CCOC(=O)COc1ccc(N2CCN([CH2][Pb])CC2)c(Cl)c1.c1ccccc1. The summed E-state index contributed by atoms with van der Waals surface area (Å²) in [5.41, 5.74) is 1.03. The van der Waals surface area contributed by atoms with Crippen LogP contribution in [-0.4, -0.2) is 80.1 Å². The van der Waals surface area contributed by atoms with E-state index >= 15 is 0 Å². The van der Waals surface area contributed by atoms with Gasteiger partial charge in [-0.25, -0.2) is 4.79 Å². The molecule has 0 N–H and O–H groups in total. The van der Waals surface area contributed by atoms with Crippen LogP contribution in [0.25, 0.3) is 0 Å². The summed E-state index contributed by atoms with van der Waals surface area (Å²) in [6.45, 7) is 6.18. The van der Waals surface area contributed by atoms with Gasteiger partial charge in [0.15, 0.2) is 0 Å². The minimum absolute atomic E-state index is 0.0947. The van der Waals surface area contributed by atoms with Crippen LogP contribution in [0.1, 0.15) is 6.92 Å². The molecular formula is C21H26ClN2O3Pb. The van der Waals surface area contributed by atoms with Crippen LogP contribution in [0, 0.1) is 0 Å². The summed E-state index contributed by atoms with van der Waals surface area (Å²) in [4.78, 5) is 16.1. The van der Waals surface area contributed by atoms with E-state index in [4.69, 9.17) is 21.1 Å². The summed E-state index contributed by atoms with van der Waals surface area (Å²) in [6, 6.07) is 17.6. The van der Waals surface area contributed by atoms with Crippen molar-refractivity contribution in [2.45, 2.75) is 6.92 Å². The molecule has 0 unspecified atom stereocenters. The van der Waals surface area contributed by atoms with Crippen molar-refractivity contribution in [1.82, 2.24) is 4.90 Å². The van der Waals surface area contributed by atoms with E-state index in [1.54, 1.807) is 13.0 Å². The second-order valence-electron chi connectivity index (χ2n) is 6.12. The average molecular weight is 597 g/mol. The first kappa shape index (κ1) is 23.0. The van der Waals surface area contributed by atoms with Crippen molar-refractivity contribution in [1.29, 1.82) is 0 Å². The predicted molar refractivity (Wildman–Crippen MR) is 114 cm³/mol. The molecule has 28 heavy (non-hydrogen) atoms. The second kappa shape index (κ2) is 13.0. The maximum absolute atomic E-state index is 11.3. The van der Waals surface area contributed by atoms with Crippen LogP contribution in [0.4, 0.5) is 5.69 Å². The fraction of sp³-hybridized carbons (Fsp3) is 0.381. The maximum Gasteiger partial charge on any atom is -0.0623 e. The Labute approximate surface area is 188 Å². The smallest absolute Gasteiger partial charge is 0.0623 e. The molecule has 0 saturated carbocycles. The van der Waals surface area contributed by atoms with Crippen molar-refractivity contribution in [3.63, 3.8) is 0 Å². The van der Waals surface area contributed by atoms with Crippen LogP contribution in [0.3, 0.4) is 0 Å². The number of nitrogens with zero attached hydrogens (tertiary/aromatic N) is 2. The van der Waals surface area contributed by atoms with E-state index in [1.807, 2.05) is 48.5 Å². The first-order chi connectivity index (χ1) is 13.6. The molecule has 0 spiro atoms. The molecule has 1 saturated heterocycles. The van der Waals surface area contributed by atoms with Gasteiger partial charge in [-0.15, -0.1) is 0 Å². The molecule has 0 aromatic heterocycles. The van der Waals surface area contributed by atoms with E-state index in [1.165, 1.54) is 29.9 Å². The number of hydrogen-bond acceptors (Lipinski definition) is 5. The Morgan fingerprint density at radius 3 is 2.18 bits per heavy atom. The third-order valence-electron chi connectivity index (χ3n) is 4.18. The zero-order valence-electron chi connectivity index (χ0n) is 16.1. The Kier molecular flexibility index (Phi) is 10.7. The molecule has 0 amide bonds. The van der Waals surface area contributed by atoms with E-state index in [-0.39, 0.29) is 12.6 Å². The molecule has 7 heteroatoms. The minimum atomic E-state index is -0.373. The molecule has 1 aliphatic heterocycles. The molecular weight excluding hydrogens is 571 g/mol. The van der Waals surface area contributed by atoms with E-state index < -0.39 is 0 Å². The largest absolute Gasteiger partial charge is 0.0623 e. The van der Waals surface area contributed by atoms with Gasteiger partial charge >= 0.3 is 129 Å². The molecule has 0 bridgehead atoms. The molecule has 0 aliphatic carbocycles. The minimum Gasteiger partial charge on any atom is -0.0623 e. The Balaban J connectivity index is 0.000000397. The van der Waals surface area contributed by atoms with Crippen molar-refractivity contribution in [2.24, 2.45) is 0 Å². The summed E-state index contributed by atoms with van der Waals surface area (Å²) in [7, 11) is 0. The molecule has 1 fully saturated rings. The standard InChI is InChI=1S/C15H20ClN2O3.C6H6.Pb/c1-3-20-15(19)11-21-12-4-5-14(13(16)10-12)18-8-6-17(2)7-9-18;1-2-4-6-5-3-1;/h4-5,10H,2-3,6-9,11H2,1H3;1-6H;. The van der Waals surface area contributed by atoms with Gasteiger partial charge in [-0.3, -0.25) is 0 Å². The van der Waals surface area contributed by atoms with Crippen LogP contribution in [0.2, 0.25) is 5.02 Å². The zero-order chi connectivity index (χ0) is 20.2. The summed E-state index contributed by atoms with van der Waals surface area (Å²) in [6.07, 6.45) is 0. The van der Waals surface area contributed by atoms with E-state index in [9.17, 15) is 4.79 Å². The van der Waals surface area contributed by atoms with Crippen LogP contribution in [-0.2, 0) is 9.53 Å². The van der Waals surface area contributed by atoms with Gasteiger partial charge in [-0.05, 0) is 6.92 Å². The molecule has 1 heterocycles. The maximum atomic E-state index is 11.3. The Bertz CT molecular complexity index is 683. The molecule has 1 aliphatic rings. The predicted octanol–water partition coefficient (Wildman–Crippen LogP) is 3.22. The van der Waals surface area contributed by atoms with E-state index in [0.29, 0.717) is 17.4 Å². The van der Waals surface area contributed by atoms with Crippen molar-refractivity contribution >= 4 is 49.0 Å². The number of hydrogen-bond donors (Lipinski definition) is 0. The fourth-order valence-electron chi connectivity index (χ4n) is 2.71. The number of carbonyl (C=O) groups is 1. The van der Waals surface area contributed by atoms with E-state index in [0.717, 1.165) is 31.9 Å². The number of ether oxygens (including phenoxy) is 2. The molecule has 3 radical (unpaired) electrons. The van der Waals surface area contributed by atoms with Crippen molar-refractivity contribution < 1.29 is 14.3 Å². The number of halogens is 1. The normalized spacial score (nSPS) is 14.0. The van der Waals surface area contributed by atoms with Gasteiger partial charge in [0.25, 0.3) is 0 Å². The van der Waals surface area contributed by atoms with Gasteiger partial charge in [-0.1, -0.05) is 36.4 Å². The van der Waals surface area contributed by atoms with Gasteiger partial charge in [0.2, 0.25) is 0 Å². The summed E-state index contributed by atoms with van der Waals surface area (Å²) < 4.78 is 11.4. The number of piperazine rings is 1. The van der Waals surface area contributed by atoms with Gasteiger partial charge in [0.05, 0.1) is 6.61 Å². The molecule has 5 nitrogen and oxygen atoms in total. The van der Waals surface area contributed by atoms with Gasteiger partial charge < -0.3 is 4.74 Å². The third kappa shape index (κ3) is 7.97. The Morgan fingerprint density at radius 2 is 1.68 bits per heavy atom. The topological polar surface area (TPSA) is 42.0 Å². The molecule has 2 aromatic rings. The zero-order valence-corrected chi connectivity index (χ0v) is 20.8. The average Bonchev–Trinajstić information content (AvgIpc) is 2.74. The summed E-state index contributed by atoms with van der Waals surface area (Å²) in [5.74, 6) is 0.210. The third-order valence-corrected chi connectivity index (χ3v) is 6.23. The van der Waals surface area contributed by atoms with Crippen molar-refractivity contribution in [3.8, 4) is 5.75 Å². The number of rotatable bonds is 6. The van der Waals surface area contributed by atoms with E-state index in [2.05, 4.69) is 9.80 Å². The van der Waals surface area contributed by atoms with Crippen molar-refractivity contribution in [3.05, 3.63) is 59.6 Å². The van der Waals surface area contributed by atoms with Gasteiger partial charge in [-0.2, -0.15) is 0 Å². The van der Waals surface area contributed by atoms with Crippen molar-refractivity contribution in [2.75, 3.05) is 48.4 Å². The van der Waals surface area contributed by atoms with Gasteiger partial charge in [0, 0.05) is 0 Å². The van der Waals surface area contributed by atoms with Crippen LogP contribution in [0.15, 0.2) is 54.6 Å². The quantitative estimate of drug-likeness (QED) is 0.379. The number of carbonyl (C=O) groups excluding carboxylic acids is 1. The molecule has 0 atom stereocenters. The monoisotopic (exact) mass is 597 g/mol. The van der Waals surface area contributed by atoms with Crippen LogP contribution in [0.5, 0.6) is 5.75 Å². The first-order valence-electron chi connectivity index (χ1n) is 9.34. The number of anilines is 1.